The first-order valence-corrected chi connectivity index (χ1v) is 13.6. The Morgan fingerprint density at radius 3 is 2.39 bits per heavy atom. The number of pyridine rings is 1. The number of nitrogens with zero attached hydrogens (tertiary/aromatic N) is 3. The third kappa shape index (κ3) is 3.31. The Kier molecular flexibility index (Phi) is 5.45. The van der Waals surface area contributed by atoms with Crippen LogP contribution in [0.25, 0.3) is 48.3 Å². The zero-order valence-electron chi connectivity index (χ0n) is 21.8. The van der Waals surface area contributed by atoms with Crippen LogP contribution in [-0.2, 0) is 7.05 Å². The van der Waals surface area contributed by atoms with Crippen molar-refractivity contribution in [3.05, 3.63) is 89.7 Å². The molecule has 0 fully saturated rings. The molecule has 0 spiro atoms. The van der Waals surface area contributed by atoms with Crippen LogP contribution < -0.4 is 4.57 Å². The van der Waals surface area contributed by atoms with E-state index in [9.17, 15) is 0 Å². The number of thiophene rings is 1. The summed E-state index contributed by atoms with van der Waals surface area (Å²) in [5, 5.41) is 2.74. The van der Waals surface area contributed by atoms with Gasteiger partial charge in [0.05, 0.1) is 12.6 Å². The SMILES string of the molecule is Cc1ccncc1-c1n(-c2c(C(C)C)cc3c(sc4ccccc43)c2C(C)C)c2ccccc2[n+]1C. The van der Waals surface area contributed by atoms with E-state index in [1.807, 2.05) is 23.7 Å². The Bertz CT molecular complexity index is 1770. The van der Waals surface area contributed by atoms with Crippen molar-refractivity contribution in [3.63, 3.8) is 0 Å². The summed E-state index contributed by atoms with van der Waals surface area (Å²) in [6.07, 6.45) is 3.90. The maximum atomic E-state index is 4.54. The van der Waals surface area contributed by atoms with Crippen molar-refractivity contribution in [3.8, 4) is 17.1 Å². The Morgan fingerprint density at radius 1 is 0.889 bits per heavy atom. The van der Waals surface area contributed by atoms with Gasteiger partial charge in [0, 0.05) is 43.7 Å². The lowest BCUT2D eigenvalue weighted by molar-refractivity contribution is -0.633. The number of hydrogen-bond donors (Lipinski definition) is 0. The van der Waals surface area contributed by atoms with Crippen LogP contribution in [0.1, 0.15) is 56.2 Å². The minimum Gasteiger partial charge on any atom is -0.264 e. The highest BCUT2D eigenvalue weighted by atomic mass is 32.1. The molecule has 0 saturated carbocycles. The first-order chi connectivity index (χ1) is 17.4. The van der Waals surface area contributed by atoms with Gasteiger partial charge < -0.3 is 0 Å². The second kappa shape index (κ2) is 8.56. The minimum absolute atomic E-state index is 0.364. The number of aromatic nitrogens is 3. The first kappa shape index (κ1) is 22.9. The Morgan fingerprint density at radius 2 is 1.64 bits per heavy atom. The molecule has 3 heterocycles. The maximum absolute atomic E-state index is 4.54. The van der Waals surface area contributed by atoms with E-state index in [2.05, 4.69) is 116 Å². The quantitative estimate of drug-likeness (QED) is 0.227. The highest BCUT2D eigenvalue weighted by Crippen LogP contribution is 2.45. The fraction of sp³-hybridized carbons (Fsp3) is 0.250. The van der Waals surface area contributed by atoms with Crippen molar-refractivity contribution in [2.75, 3.05) is 0 Å². The second-order valence-corrected chi connectivity index (χ2v) is 11.5. The lowest BCUT2D eigenvalue weighted by atomic mass is 9.90. The number of fused-ring (bicyclic) bond motifs is 4. The van der Waals surface area contributed by atoms with Crippen LogP contribution in [0.3, 0.4) is 0 Å². The van der Waals surface area contributed by atoms with Gasteiger partial charge in [-0.3, -0.25) is 4.98 Å². The highest BCUT2D eigenvalue weighted by Gasteiger charge is 2.33. The molecule has 0 aliphatic heterocycles. The molecule has 0 bridgehead atoms. The Labute approximate surface area is 216 Å². The van der Waals surface area contributed by atoms with Crippen molar-refractivity contribution in [2.45, 2.75) is 46.5 Å². The molecule has 36 heavy (non-hydrogen) atoms. The molecule has 0 N–H and O–H groups in total. The molecule has 0 saturated heterocycles. The average molecular weight is 491 g/mol. The summed E-state index contributed by atoms with van der Waals surface area (Å²) in [7, 11) is 2.18. The monoisotopic (exact) mass is 490 g/mol. The molecular formula is C32H32N3S+. The fourth-order valence-electron chi connectivity index (χ4n) is 5.66. The molecule has 3 aromatic carbocycles. The van der Waals surface area contributed by atoms with Crippen LogP contribution in [-0.4, -0.2) is 9.55 Å². The fourth-order valence-corrected chi connectivity index (χ4v) is 7.04. The van der Waals surface area contributed by atoms with Gasteiger partial charge in [-0.2, -0.15) is 4.57 Å². The van der Waals surface area contributed by atoms with Gasteiger partial charge in [0.1, 0.15) is 5.69 Å². The van der Waals surface area contributed by atoms with E-state index in [1.165, 1.54) is 59.4 Å². The summed E-state index contributed by atoms with van der Waals surface area (Å²) in [5.41, 5.74) is 8.98. The van der Waals surface area contributed by atoms with Crippen molar-refractivity contribution in [1.29, 1.82) is 0 Å². The van der Waals surface area contributed by atoms with Gasteiger partial charge in [0.2, 0.25) is 0 Å². The van der Waals surface area contributed by atoms with Crippen LogP contribution in [0.5, 0.6) is 0 Å². The van der Waals surface area contributed by atoms with E-state index >= 15 is 0 Å². The number of hydrogen-bond acceptors (Lipinski definition) is 2. The van der Waals surface area contributed by atoms with E-state index in [-0.39, 0.29) is 0 Å². The molecule has 6 aromatic rings. The summed E-state index contributed by atoms with van der Waals surface area (Å²) in [6.45, 7) is 11.5. The first-order valence-electron chi connectivity index (χ1n) is 12.8. The zero-order chi connectivity index (χ0) is 25.1. The molecule has 3 aromatic heterocycles. The lowest BCUT2D eigenvalue weighted by Crippen LogP contribution is -2.30. The van der Waals surface area contributed by atoms with Crippen LogP contribution in [0.15, 0.2) is 73.1 Å². The van der Waals surface area contributed by atoms with E-state index in [0.29, 0.717) is 11.8 Å². The van der Waals surface area contributed by atoms with E-state index in [0.717, 1.165) is 5.56 Å². The van der Waals surface area contributed by atoms with Crippen molar-refractivity contribution in [1.82, 2.24) is 9.55 Å². The molecule has 0 radical (unpaired) electrons. The van der Waals surface area contributed by atoms with Gasteiger partial charge in [-0.05, 0) is 54.7 Å². The van der Waals surface area contributed by atoms with Crippen LogP contribution in [0, 0.1) is 6.92 Å². The topological polar surface area (TPSA) is 21.7 Å². The molecule has 0 unspecified atom stereocenters. The van der Waals surface area contributed by atoms with Gasteiger partial charge in [0.15, 0.2) is 11.0 Å². The molecule has 0 atom stereocenters. The third-order valence-corrected chi connectivity index (χ3v) is 8.64. The van der Waals surface area contributed by atoms with Crippen molar-refractivity contribution >= 4 is 42.5 Å². The summed E-state index contributed by atoms with van der Waals surface area (Å²) >= 11 is 1.93. The second-order valence-electron chi connectivity index (χ2n) is 10.4. The zero-order valence-corrected chi connectivity index (χ0v) is 22.6. The Balaban J connectivity index is 1.87. The predicted molar refractivity (Wildman–Crippen MR) is 153 cm³/mol. The molecule has 0 amide bonds. The molecular weight excluding hydrogens is 458 g/mol. The van der Waals surface area contributed by atoms with Crippen molar-refractivity contribution in [2.24, 2.45) is 7.05 Å². The van der Waals surface area contributed by atoms with Crippen molar-refractivity contribution < 1.29 is 4.57 Å². The Hall–Kier alpha value is -3.50. The van der Waals surface area contributed by atoms with Crippen LogP contribution in [0.4, 0.5) is 0 Å². The number of benzene rings is 3. The van der Waals surface area contributed by atoms with E-state index in [1.54, 1.807) is 0 Å². The van der Waals surface area contributed by atoms with Gasteiger partial charge in [-0.1, -0.05) is 58.0 Å². The summed E-state index contributed by atoms with van der Waals surface area (Å²) in [6, 6.07) is 22.2. The number of imidazole rings is 1. The van der Waals surface area contributed by atoms with E-state index in [4.69, 9.17) is 0 Å². The summed E-state index contributed by atoms with van der Waals surface area (Å²) in [5.74, 6) is 1.91. The molecule has 0 aliphatic carbocycles. The van der Waals surface area contributed by atoms with Crippen LogP contribution >= 0.6 is 11.3 Å². The summed E-state index contributed by atoms with van der Waals surface area (Å²) in [4.78, 5) is 4.54. The molecule has 4 heteroatoms. The van der Waals surface area contributed by atoms with Gasteiger partial charge in [-0.25, -0.2) is 4.57 Å². The molecule has 6 rings (SSSR count). The lowest BCUT2D eigenvalue weighted by Gasteiger charge is -2.20. The smallest absolute Gasteiger partial charge is 0.264 e. The highest BCUT2D eigenvalue weighted by molar-refractivity contribution is 7.26. The van der Waals surface area contributed by atoms with Gasteiger partial charge >= 0.3 is 0 Å². The van der Waals surface area contributed by atoms with Crippen LogP contribution in [0.2, 0.25) is 0 Å². The number of aryl methyl sites for hydroxylation is 2. The van der Waals surface area contributed by atoms with Gasteiger partial charge in [0.25, 0.3) is 5.82 Å². The number of para-hydroxylation sites is 2. The van der Waals surface area contributed by atoms with E-state index < -0.39 is 0 Å². The minimum atomic E-state index is 0.364. The third-order valence-electron chi connectivity index (χ3n) is 7.42. The van der Waals surface area contributed by atoms with Gasteiger partial charge in [-0.15, -0.1) is 11.3 Å². The molecule has 3 nitrogen and oxygen atoms in total. The predicted octanol–water partition coefficient (Wildman–Crippen LogP) is 8.44. The number of rotatable bonds is 4. The average Bonchev–Trinajstić information content (AvgIpc) is 3.38. The normalized spacial score (nSPS) is 12.1. The summed E-state index contributed by atoms with van der Waals surface area (Å²) < 4.78 is 7.61. The standard InChI is InChI=1S/C32H32N3S/c1-19(2)23-17-24-22-11-7-10-14-28(22)36-31(24)29(20(3)4)30(23)35-27-13-9-8-12-26(27)34(6)32(35)25-18-33-16-15-21(25)5/h7-20H,1-6H3/q+1. The molecule has 0 aliphatic rings. The maximum Gasteiger partial charge on any atom is 0.296 e. The largest absolute Gasteiger partial charge is 0.296 e. The molecule has 180 valence electrons.